The first kappa shape index (κ1) is 13.6. The van der Waals surface area contributed by atoms with E-state index in [1.165, 1.54) is 13.3 Å². The average molecular weight is 279 g/mol. The molecule has 1 aromatic heterocycles. The highest BCUT2D eigenvalue weighted by Gasteiger charge is 2.39. The van der Waals surface area contributed by atoms with Gasteiger partial charge in [0.05, 0.1) is 32.6 Å². The molecule has 3 rings (SSSR count). The summed E-state index contributed by atoms with van der Waals surface area (Å²) in [5.74, 6) is 1.01. The zero-order valence-corrected chi connectivity index (χ0v) is 12.0. The Morgan fingerprint density at radius 1 is 1.60 bits per heavy atom. The predicted molar refractivity (Wildman–Crippen MR) is 73.9 cm³/mol. The monoisotopic (exact) mass is 279 g/mol. The molecule has 0 aliphatic carbocycles. The standard InChI is InChI=1S/C14H21N3O3/c1-14(8-20-9-14)7-17-5-3-4-10(17)12-15-6-11(19-2)13(18)16-12/h6,10H,3-5,7-9H2,1-2H3,(H,15,16,18). The molecule has 1 atom stereocenters. The summed E-state index contributed by atoms with van der Waals surface area (Å²) in [4.78, 5) is 21.5. The normalized spacial score (nSPS) is 25.4. The van der Waals surface area contributed by atoms with Gasteiger partial charge in [-0.25, -0.2) is 4.98 Å². The predicted octanol–water partition coefficient (Wildman–Crippen LogP) is 0.952. The number of hydrogen-bond acceptors (Lipinski definition) is 5. The van der Waals surface area contributed by atoms with Crippen LogP contribution in [0.25, 0.3) is 0 Å². The first-order valence-corrected chi connectivity index (χ1v) is 7.06. The summed E-state index contributed by atoms with van der Waals surface area (Å²) in [7, 11) is 1.48. The third-order valence-electron chi connectivity index (χ3n) is 4.17. The number of H-pyrrole nitrogens is 1. The van der Waals surface area contributed by atoms with Crippen LogP contribution in [0.5, 0.6) is 5.75 Å². The van der Waals surface area contributed by atoms with Gasteiger partial charge in [0.15, 0.2) is 0 Å². The summed E-state index contributed by atoms with van der Waals surface area (Å²) in [6.07, 6.45) is 3.68. The quantitative estimate of drug-likeness (QED) is 0.889. The molecule has 20 heavy (non-hydrogen) atoms. The molecule has 6 nitrogen and oxygen atoms in total. The lowest BCUT2D eigenvalue weighted by Gasteiger charge is -2.42. The van der Waals surface area contributed by atoms with E-state index in [9.17, 15) is 4.79 Å². The summed E-state index contributed by atoms with van der Waals surface area (Å²) in [6.45, 7) is 5.94. The Morgan fingerprint density at radius 3 is 3.00 bits per heavy atom. The van der Waals surface area contributed by atoms with Crippen molar-refractivity contribution in [2.45, 2.75) is 25.8 Å². The minimum Gasteiger partial charge on any atom is -0.490 e. The maximum Gasteiger partial charge on any atom is 0.293 e. The smallest absolute Gasteiger partial charge is 0.293 e. The summed E-state index contributed by atoms with van der Waals surface area (Å²) < 4.78 is 10.3. The lowest BCUT2D eigenvalue weighted by molar-refractivity contribution is -0.116. The van der Waals surface area contributed by atoms with E-state index < -0.39 is 0 Å². The highest BCUT2D eigenvalue weighted by atomic mass is 16.5. The first-order valence-electron chi connectivity index (χ1n) is 7.06. The molecule has 1 aromatic rings. The van der Waals surface area contributed by atoms with Gasteiger partial charge >= 0.3 is 0 Å². The maximum absolute atomic E-state index is 11.8. The van der Waals surface area contributed by atoms with Gasteiger partial charge in [-0.15, -0.1) is 0 Å². The second-order valence-corrected chi connectivity index (χ2v) is 6.10. The molecule has 0 saturated carbocycles. The minimum atomic E-state index is -0.206. The number of nitrogens with zero attached hydrogens (tertiary/aromatic N) is 2. The van der Waals surface area contributed by atoms with Crippen molar-refractivity contribution in [1.82, 2.24) is 14.9 Å². The van der Waals surface area contributed by atoms with Crippen LogP contribution in [0.15, 0.2) is 11.0 Å². The van der Waals surface area contributed by atoms with Gasteiger partial charge in [0, 0.05) is 12.0 Å². The van der Waals surface area contributed by atoms with Crippen LogP contribution in [0.4, 0.5) is 0 Å². The van der Waals surface area contributed by atoms with Crippen molar-refractivity contribution in [3.8, 4) is 5.75 Å². The van der Waals surface area contributed by atoms with E-state index in [0.717, 1.165) is 45.0 Å². The fourth-order valence-electron chi connectivity index (χ4n) is 3.07. The number of aromatic amines is 1. The van der Waals surface area contributed by atoms with Gasteiger partial charge in [-0.2, -0.15) is 0 Å². The number of methoxy groups -OCH3 is 1. The lowest BCUT2D eigenvalue weighted by atomic mass is 9.88. The van der Waals surface area contributed by atoms with Gasteiger partial charge in [0.25, 0.3) is 5.56 Å². The molecule has 110 valence electrons. The zero-order valence-electron chi connectivity index (χ0n) is 12.0. The van der Waals surface area contributed by atoms with E-state index in [-0.39, 0.29) is 22.8 Å². The molecular formula is C14H21N3O3. The Bertz CT molecular complexity index is 539. The van der Waals surface area contributed by atoms with Crippen LogP contribution >= 0.6 is 0 Å². The van der Waals surface area contributed by atoms with E-state index in [1.54, 1.807) is 0 Å². The number of likely N-dealkylation sites (tertiary alicyclic amines) is 1. The van der Waals surface area contributed by atoms with Gasteiger partial charge in [0.2, 0.25) is 5.75 Å². The van der Waals surface area contributed by atoms with Crippen molar-refractivity contribution in [2.24, 2.45) is 5.41 Å². The van der Waals surface area contributed by atoms with Crippen LogP contribution < -0.4 is 10.3 Å². The molecular weight excluding hydrogens is 258 g/mol. The van der Waals surface area contributed by atoms with Crippen molar-refractivity contribution in [3.05, 3.63) is 22.4 Å². The second-order valence-electron chi connectivity index (χ2n) is 6.10. The Balaban J connectivity index is 1.77. The molecule has 2 aliphatic rings. The van der Waals surface area contributed by atoms with Gasteiger partial charge < -0.3 is 14.5 Å². The number of aromatic nitrogens is 2. The van der Waals surface area contributed by atoms with E-state index in [1.807, 2.05) is 0 Å². The molecule has 2 saturated heterocycles. The van der Waals surface area contributed by atoms with E-state index in [2.05, 4.69) is 21.8 Å². The van der Waals surface area contributed by atoms with Gasteiger partial charge in [-0.05, 0) is 19.4 Å². The highest BCUT2D eigenvalue weighted by Crippen LogP contribution is 2.35. The van der Waals surface area contributed by atoms with E-state index in [0.29, 0.717) is 0 Å². The summed E-state index contributed by atoms with van der Waals surface area (Å²) in [5.41, 5.74) is 0.0394. The van der Waals surface area contributed by atoms with Crippen LogP contribution in [-0.4, -0.2) is 48.3 Å². The molecule has 1 unspecified atom stereocenters. The SMILES string of the molecule is COc1cnc(C2CCCN2CC2(C)COC2)[nH]c1=O. The number of ether oxygens (including phenoxy) is 2. The molecule has 6 heteroatoms. The van der Waals surface area contributed by atoms with Crippen LogP contribution in [0.2, 0.25) is 0 Å². The first-order chi connectivity index (χ1) is 9.61. The van der Waals surface area contributed by atoms with Crippen molar-refractivity contribution in [3.63, 3.8) is 0 Å². The average Bonchev–Trinajstić information content (AvgIpc) is 2.85. The fourth-order valence-corrected chi connectivity index (χ4v) is 3.07. The lowest BCUT2D eigenvalue weighted by Crippen LogP contribution is -2.48. The maximum atomic E-state index is 11.8. The largest absolute Gasteiger partial charge is 0.490 e. The number of hydrogen-bond donors (Lipinski definition) is 1. The number of rotatable bonds is 4. The minimum absolute atomic E-state index is 0.200. The molecule has 3 heterocycles. The summed E-state index contributed by atoms with van der Waals surface area (Å²) in [6, 6.07) is 0.200. The fraction of sp³-hybridized carbons (Fsp3) is 0.714. The molecule has 0 bridgehead atoms. The van der Waals surface area contributed by atoms with Crippen LogP contribution in [0, 0.1) is 5.41 Å². The van der Waals surface area contributed by atoms with Crippen LogP contribution in [0.3, 0.4) is 0 Å². The van der Waals surface area contributed by atoms with Crippen molar-refractivity contribution >= 4 is 0 Å². The van der Waals surface area contributed by atoms with Crippen molar-refractivity contribution < 1.29 is 9.47 Å². The topological polar surface area (TPSA) is 67.5 Å². The number of nitrogens with one attached hydrogen (secondary N) is 1. The third-order valence-corrected chi connectivity index (χ3v) is 4.17. The Morgan fingerprint density at radius 2 is 2.40 bits per heavy atom. The van der Waals surface area contributed by atoms with Crippen LogP contribution in [0.1, 0.15) is 31.6 Å². The summed E-state index contributed by atoms with van der Waals surface area (Å²) in [5, 5.41) is 0. The Labute approximate surface area is 118 Å². The van der Waals surface area contributed by atoms with Crippen molar-refractivity contribution in [1.29, 1.82) is 0 Å². The van der Waals surface area contributed by atoms with E-state index >= 15 is 0 Å². The van der Waals surface area contributed by atoms with Gasteiger partial charge in [-0.3, -0.25) is 9.69 Å². The molecule has 0 radical (unpaired) electrons. The van der Waals surface area contributed by atoms with Gasteiger partial charge in [0.1, 0.15) is 5.82 Å². The molecule has 0 spiro atoms. The molecule has 2 aliphatic heterocycles. The highest BCUT2D eigenvalue weighted by molar-refractivity contribution is 5.14. The Hall–Kier alpha value is -1.40. The summed E-state index contributed by atoms with van der Waals surface area (Å²) >= 11 is 0. The third kappa shape index (κ3) is 2.45. The molecule has 0 aromatic carbocycles. The van der Waals surface area contributed by atoms with Crippen LogP contribution in [-0.2, 0) is 4.74 Å². The molecule has 0 amide bonds. The molecule has 2 fully saturated rings. The zero-order chi connectivity index (χ0) is 14.2. The second kappa shape index (κ2) is 5.18. The Kier molecular flexibility index (Phi) is 3.52. The molecule has 1 N–H and O–H groups in total. The van der Waals surface area contributed by atoms with Crippen molar-refractivity contribution in [2.75, 3.05) is 33.4 Å². The van der Waals surface area contributed by atoms with Gasteiger partial charge in [-0.1, -0.05) is 6.92 Å². The van der Waals surface area contributed by atoms with E-state index in [4.69, 9.17) is 9.47 Å².